The Labute approximate surface area is 132 Å². The van der Waals surface area contributed by atoms with Crippen LogP contribution in [0.2, 0.25) is 0 Å². The molecule has 1 heterocycles. The molecule has 0 aliphatic rings. The summed E-state index contributed by atoms with van der Waals surface area (Å²) in [4.78, 5) is 10.4. The summed E-state index contributed by atoms with van der Waals surface area (Å²) in [7, 11) is 1.90. The van der Waals surface area contributed by atoms with E-state index in [9.17, 15) is 0 Å². The van der Waals surface area contributed by atoms with Gasteiger partial charge in [-0.15, -0.1) is 0 Å². The zero-order valence-corrected chi connectivity index (χ0v) is 14.5. The standard InChI is InChI=1S/C15H18BrN3S/c1-9(2)13-18-14(17-4)10(3)15(19-13)20-12-8-6-5-7-11(12)16/h5-9H,1-4H3,(H,17,18,19). The van der Waals surface area contributed by atoms with E-state index in [0.717, 1.165) is 31.6 Å². The smallest absolute Gasteiger partial charge is 0.134 e. The molecule has 5 heteroatoms. The normalized spacial score (nSPS) is 10.9. The van der Waals surface area contributed by atoms with Crippen molar-refractivity contribution >= 4 is 33.5 Å². The minimum Gasteiger partial charge on any atom is -0.373 e. The van der Waals surface area contributed by atoms with Gasteiger partial charge in [0.1, 0.15) is 16.7 Å². The van der Waals surface area contributed by atoms with E-state index in [1.807, 2.05) is 25.2 Å². The van der Waals surface area contributed by atoms with Crippen molar-refractivity contribution in [3.63, 3.8) is 0 Å². The maximum Gasteiger partial charge on any atom is 0.134 e. The molecule has 2 rings (SSSR count). The van der Waals surface area contributed by atoms with Crippen LogP contribution in [0.15, 0.2) is 38.7 Å². The van der Waals surface area contributed by atoms with Gasteiger partial charge in [-0.25, -0.2) is 9.97 Å². The van der Waals surface area contributed by atoms with Crippen molar-refractivity contribution < 1.29 is 0 Å². The highest BCUT2D eigenvalue weighted by Crippen LogP contribution is 2.35. The van der Waals surface area contributed by atoms with Crippen LogP contribution in [0.5, 0.6) is 0 Å². The Kier molecular flexibility index (Phi) is 5.05. The number of benzene rings is 1. The second-order valence-electron chi connectivity index (χ2n) is 4.80. The predicted molar refractivity (Wildman–Crippen MR) is 88.7 cm³/mol. The second-order valence-corrected chi connectivity index (χ2v) is 6.68. The van der Waals surface area contributed by atoms with Crippen molar-refractivity contribution in [3.05, 3.63) is 40.1 Å². The summed E-state index contributed by atoms with van der Waals surface area (Å²) >= 11 is 5.25. The van der Waals surface area contributed by atoms with Crippen molar-refractivity contribution in [1.29, 1.82) is 0 Å². The van der Waals surface area contributed by atoms with Gasteiger partial charge in [-0.05, 0) is 35.0 Å². The monoisotopic (exact) mass is 351 g/mol. The molecular formula is C15H18BrN3S. The molecule has 2 aromatic rings. The van der Waals surface area contributed by atoms with Crippen LogP contribution in [0.1, 0.15) is 31.2 Å². The zero-order valence-electron chi connectivity index (χ0n) is 12.1. The molecule has 0 radical (unpaired) electrons. The van der Waals surface area contributed by atoms with E-state index in [1.165, 1.54) is 0 Å². The molecule has 1 aromatic heterocycles. The second kappa shape index (κ2) is 6.59. The largest absolute Gasteiger partial charge is 0.373 e. The molecule has 0 saturated heterocycles. The number of anilines is 1. The van der Waals surface area contributed by atoms with Crippen LogP contribution in [0.25, 0.3) is 0 Å². The fourth-order valence-electron chi connectivity index (χ4n) is 1.75. The highest BCUT2D eigenvalue weighted by Gasteiger charge is 2.14. The molecule has 0 bridgehead atoms. The summed E-state index contributed by atoms with van der Waals surface area (Å²) in [6, 6.07) is 8.18. The molecule has 0 aliphatic carbocycles. The molecule has 0 atom stereocenters. The van der Waals surface area contributed by atoms with Crippen LogP contribution in [0.3, 0.4) is 0 Å². The SMILES string of the molecule is CNc1nc(C(C)C)nc(Sc2ccccc2Br)c1C. The lowest BCUT2D eigenvalue weighted by molar-refractivity contribution is 0.750. The third kappa shape index (κ3) is 3.33. The summed E-state index contributed by atoms with van der Waals surface area (Å²) in [5.41, 5.74) is 1.08. The Hall–Kier alpha value is -1.07. The average molecular weight is 352 g/mol. The van der Waals surface area contributed by atoms with Crippen LogP contribution in [-0.4, -0.2) is 17.0 Å². The van der Waals surface area contributed by atoms with Crippen LogP contribution in [0, 0.1) is 6.92 Å². The summed E-state index contributed by atoms with van der Waals surface area (Å²) in [5, 5.41) is 4.16. The first-order chi connectivity index (χ1) is 9.52. The first-order valence-electron chi connectivity index (χ1n) is 6.51. The van der Waals surface area contributed by atoms with E-state index < -0.39 is 0 Å². The highest BCUT2D eigenvalue weighted by molar-refractivity contribution is 9.10. The van der Waals surface area contributed by atoms with Gasteiger partial charge in [0.25, 0.3) is 0 Å². The van der Waals surface area contributed by atoms with E-state index >= 15 is 0 Å². The van der Waals surface area contributed by atoms with Gasteiger partial charge in [-0.2, -0.15) is 0 Å². The molecule has 0 fully saturated rings. The molecule has 0 saturated carbocycles. The Balaban J connectivity index is 2.45. The highest BCUT2D eigenvalue weighted by atomic mass is 79.9. The third-order valence-electron chi connectivity index (χ3n) is 2.91. The van der Waals surface area contributed by atoms with E-state index in [4.69, 9.17) is 4.98 Å². The summed E-state index contributed by atoms with van der Waals surface area (Å²) in [6.07, 6.45) is 0. The minimum absolute atomic E-state index is 0.307. The summed E-state index contributed by atoms with van der Waals surface area (Å²) < 4.78 is 1.08. The molecule has 0 spiro atoms. The van der Waals surface area contributed by atoms with E-state index in [1.54, 1.807) is 11.8 Å². The maximum absolute atomic E-state index is 4.71. The number of nitrogens with one attached hydrogen (secondary N) is 1. The van der Waals surface area contributed by atoms with Gasteiger partial charge in [-0.1, -0.05) is 37.7 Å². The van der Waals surface area contributed by atoms with Crippen LogP contribution in [0.4, 0.5) is 5.82 Å². The predicted octanol–water partition coefficient (Wildman–Crippen LogP) is 4.86. The van der Waals surface area contributed by atoms with Gasteiger partial charge < -0.3 is 5.32 Å². The number of nitrogens with zero attached hydrogens (tertiary/aromatic N) is 2. The minimum atomic E-state index is 0.307. The average Bonchev–Trinajstić information content (AvgIpc) is 2.43. The van der Waals surface area contributed by atoms with E-state index in [-0.39, 0.29) is 0 Å². The number of rotatable bonds is 4. The molecular weight excluding hydrogens is 334 g/mol. The van der Waals surface area contributed by atoms with Crippen molar-refractivity contribution in [1.82, 2.24) is 9.97 Å². The maximum atomic E-state index is 4.71. The lowest BCUT2D eigenvalue weighted by atomic mass is 10.2. The number of hydrogen-bond acceptors (Lipinski definition) is 4. The molecule has 3 nitrogen and oxygen atoms in total. The number of halogens is 1. The van der Waals surface area contributed by atoms with Crippen molar-refractivity contribution in [2.24, 2.45) is 0 Å². The zero-order chi connectivity index (χ0) is 14.7. The molecule has 0 amide bonds. The Bertz CT molecular complexity index is 614. The van der Waals surface area contributed by atoms with Gasteiger partial charge in [0.2, 0.25) is 0 Å². The van der Waals surface area contributed by atoms with Gasteiger partial charge in [0.05, 0.1) is 0 Å². The molecule has 20 heavy (non-hydrogen) atoms. The Morgan fingerprint density at radius 1 is 1.20 bits per heavy atom. The summed E-state index contributed by atoms with van der Waals surface area (Å²) in [5.74, 6) is 2.08. The first kappa shape index (κ1) is 15.3. The topological polar surface area (TPSA) is 37.8 Å². The van der Waals surface area contributed by atoms with Gasteiger partial charge >= 0.3 is 0 Å². The van der Waals surface area contributed by atoms with Crippen molar-refractivity contribution in [3.8, 4) is 0 Å². The van der Waals surface area contributed by atoms with Crippen molar-refractivity contribution in [2.75, 3.05) is 12.4 Å². The van der Waals surface area contributed by atoms with E-state index in [0.29, 0.717) is 5.92 Å². The first-order valence-corrected chi connectivity index (χ1v) is 8.12. The lowest BCUT2D eigenvalue weighted by Crippen LogP contribution is -2.06. The van der Waals surface area contributed by atoms with E-state index in [2.05, 4.69) is 53.1 Å². The fraction of sp³-hybridized carbons (Fsp3) is 0.333. The molecule has 0 unspecified atom stereocenters. The fourth-order valence-corrected chi connectivity index (χ4v) is 3.18. The quantitative estimate of drug-likeness (QED) is 0.797. The number of hydrogen-bond donors (Lipinski definition) is 1. The third-order valence-corrected chi connectivity index (χ3v) is 5.04. The van der Waals surface area contributed by atoms with Crippen molar-refractivity contribution in [2.45, 2.75) is 36.6 Å². The molecule has 0 aliphatic heterocycles. The molecule has 106 valence electrons. The summed E-state index contributed by atoms with van der Waals surface area (Å²) in [6.45, 7) is 6.27. The number of aromatic nitrogens is 2. The Morgan fingerprint density at radius 3 is 2.50 bits per heavy atom. The van der Waals surface area contributed by atoms with Crippen LogP contribution < -0.4 is 5.32 Å². The van der Waals surface area contributed by atoms with Gasteiger partial charge in [0, 0.05) is 27.9 Å². The Morgan fingerprint density at radius 2 is 1.90 bits per heavy atom. The molecule has 1 N–H and O–H groups in total. The van der Waals surface area contributed by atoms with Gasteiger partial charge in [0.15, 0.2) is 0 Å². The van der Waals surface area contributed by atoms with Crippen LogP contribution in [-0.2, 0) is 0 Å². The van der Waals surface area contributed by atoms with Gasteiger partial charge in [-0.3, -0.25) is 0 Å². The molecule has 1 aromatic carbocycles. The lowest BCUT2D eigenvalue weighted by Gasteiger charge is -2.14. The van der Waals surface area contributed by atoms with Crippen LogP contribution >= 0.6 is 27.7 Å².